The van der Waals surface area contributed by atoms with E-state index in [1.54, 1.807) is 12.1 Å². The van der Waals surface area contributed by atoms with Gasteiger partial charge in [-0.25, -0.2) is 9.37 Å². The first kappa shape index (κ1) is 19.9. The minimum Gasteiger partial charge on any atom is -0.379 e. The van der Waals surface area contributed by atoms with Crippen molar-refractivity contribution >= 4 is 17.4 Å². The van der Waals surface area contributed by atoms with Gasteiger partial charge in [0.25, 0.3) is 0 Å². The normalized spacial score (nSPS) is 16.9. The van der Waals surface area contributed by atoms with E-state index in [0.717, 1.165) is 17.8 Å². The molecule has 146 valence electrons. The number of morpholine rings is 1. The number of hydrogen-bond donors (Lipinski definition) is 1. The molecular formula is C18H18ClF4N3O. The highest BCUT2D eigenvalue weighted by Gasteiger charge is 2.31. The largest absolute Gasteiger partial charge is 0.417 e. The summed E-state index contributed by atoms with van der Waals surface area (Å²) in [6, 6.07) is 6.86. The molecule has 0 saturated carbocycles. The molecule has 9 heteroatoms. The van der Waals surface area contributed by atoms with Crippen molar-refractivity contribution in [1.82, 2.24) is 9.88 Å². The van der Waals surface area contributed by atoms with Crippen LogP contribution in [-0.2, 0) is 10.9 Å². The summed E-state index contributed by atoms with van der Waals surface area (Å²) >= 11 is 5.96. The number of anilines is 1. The molecule has 0 spiro atoms. The van der Waals surface area contributed by atoms with Crippen LogP contribution in [0.1, 0.15) is 17.2 Å². The molecule has 27 heavy (non-hydrogen) atoms. The minimum atomic E-state index is -4.50. The fourth-order valence-electron chi connectivity index (χ4n) is 2.95. The van der Waals surface area contributed by atoms with Gasteiger partial charge in [0.15, 0.2) is 0 Å². The van der Waals surface area contributed by atoms with Gasteiger partial charge in [-0.15, -0.1) is 0 Å². The molecular weight excluding hydrogens is 386 g/mol. The average Bonchev–Trinajstić information content (AvgIpc) is 2.64. The predicted octanol–water partition coefficient (Wildman–Crippen LogP) is 4.38. The molecule has 1 N–H and O–H groups in total. The van der Waals surface area contributed by atoms with Crippen molar-refractivity contribution in [2.24, 2.45) is 0 Å². The van der Waals surface area contributed by atoms with Crippen LogP contribution < -0.4 is 5.32 Å². The number of rotatable bonds is 5. The summed E-state index contributed by atoms with van der Waals surface area (Å²) in [6.45, 7) is 2.90. The van der Waals surface area contributed by atoms with Crippen LogP contribution in [-0.4, -0.2) is 42.7 Å². The molecule has 0 unspecified atom stereocenters. The molecule has 1 atom stereocenters. The Morgan fingerprint density at radius 3 is 2.44 bits per heavy atom. The molecule has 1 fully saturated rings. The van der Waals surface area contributed by atoms with E-state index < -0.39 is 11.7 Å². The molecule has 0 radical (unpaired) electrons. The number of ether oxygens (including phenoxy) is 1. The van der Waals surface area contributed by atoms with E-state index in [2.05, 4.69) is 15.2 Å². The summed E-state index contributed by atoms with van der Waals surface area (Å²) in [4.78, 5) is 5.97. The number of benzene rings is 1. The Balaban J connectivity index is 1.77. The second-order valence-corrected chi connectivity index (χ2v) is 6.56. The van der Waals surface area contributed by atoms with Gasteiger partial charge in [-0.1, -0.05) is 23.7 Å². The zero-order chi connectivity index (χ0) is 19.4. The molecule has 1 aliphatic rings. The monoisotopic (exact) mass is 403 g/mol. The Kier molecular flexibility index (Phi) is 6.18. The Morgan fingerprint density at radius 2 is 1.85 bits per heavy atom. The van der Waals surface area contributed by atoms with Gasteiger partial charge in [0.05, 0.1) is 29.8 Å². The zero-order valence-electron chi connectivity index (χ0n) is 14.3. The van der Waals surface area contributed by atoms with E-state index in [4.69, 9.17) is 16.3 Å². The Morgan fingerprint density at radius 1 is 1.19 bits per heavy atom. The number of pyridine rings is 1. The van der Waals surface area contributed by atoms with Crippen LogP contribution in [0.15, 0.2) is 36.5 Å². The van der Waals surface area contributed by atoms with Crippen molar-refractivity contribution < 1.29 is 22.3 Å². The van der Waals surface area contributed by atoms with Gasteiger partial charge < -0.3 is 10.1 Å². The van der Waals surface area contributed by atoms with E-state index in [1.807, 2.05) is 0 Å². The summed E-state index contributed by atoms with van der Waals surface area (Å²) < 4.78 is 56.9. The van der Waals surface area contributed by atoms with E-state index in [-0.39, 0.29) is 22.7 Å². The Hall–Kier alpha value is -1.90. The minimum absolute atomic E-state index is 0.107. The van der Waals surface area contributed by atoms with Crippen LogP contribution in [0.5, 0.6) is 0 Å². The quantitative estimate of drug-likeness (QED) is 0.752. The van der Waals surface area contributed by atoms with Gasteiger partial charge in [0.2, 0.25) is 0 Å². The third-order valence-corrected chi connectivity index (χ3v) is 4.66. The maximum atomic E-state index is 13.3. The van der Waals surface area contributed by atoms with Crippen LogP contribution >= 0.6 is 11.6 Å². The number of aromatic nitrogens is 1. The van der Waals surface area contributed by atoms with Gasteiger partial charge in [-0.2, -0.15) is 13.2 Å². The molecule has 4 nitrogen and oxygen atoms in total. The zero-order valence-corrected chi connectivity index (χ0v) is 15.0. The van der Waals surface area contributed by atoms with Crippen molar-refractivity contribution in [1.29, 1.82) is 0 Å². The standard InChI is InChI=1S/C18H18ClF4N3O/c19-15-9-13(18(21,22)23)10-24-17(15)25-11-16(26-5-7-27-8-6-26)12-1-3-14(20)4-2-12/h1-4,9-10,16H,5-8,11H2,(H,24,25)/t16-/m1/s1. The Labute approximate surface area is 159 Å². The first-order valence-electron chi connectivity index (χ1n) is 8.38. The number of nitrogens with one attached hydrogen (secondary N) is 1. The molecule has 0 amide bonds. The molecule has 0 bridgehead atoms. The van der Waals surface area contributed by atoms with Crippen molar-refractivity contribution in [3.05, 3.63) is 58.5 Å². The number of nitrogens with zero attached hydrogens (tertiary/aromatic N) is 2. The second-order valence-electron chi connectivity index (χ2n) is 6.15. The summed E-state index contributed by atoms with van der Waals surface area (Å²) in [5, 5.41) is 2.91. The highest BCUT2D eigenvalue weighted by molar-refractivity contribution is 6.32. The molecule has 0 aliphatic carbocycles. The lowest BCUT2D eigenvalue weighted by molar-refractivity contribution is -0.137. The molecule has 1 saturated heterocycles. The summed E-state index contributed by atoms with van der Waals surface area (Å²) in [6.07, 6.45) is -3.75. The number of hydrogen-bond acceptors (Lipinski definition) is 4. The fourth-order valence-corrected chi connectivity index (χ4v) is 3.18. The van der Waals surface area contributed by atoms with Crippen molar-refractivity contribution in [2.75, 3.05) is 38.2 Å². The van der Waals surface area contributed by atoms with Crippen molar-refractivity contribution in [3.63, 3.8) is 0 Å². The predicted molar refractivity (Wildman–Crippen MR) is 94.3 cm³/mol. The molecule has 1 aliphatic heterocycles. The molecule has 3 rings (SSSR count). The molecule has 2 heterocycles. The summed E-state index contributed by atoms with van der Waals surface area (Å²) in [5.41, 5.74) is -0.0184. The van der Waals surface area contributed by atoms with Crippen LogP contribution in [0.4, 0.5) is 23.4 Å². The van der Waals surface area contributed by atoms with Gasteiger partial charge in [0.1, 0.15) is 11.6 Å². The first-order chi connectivity index (χ1) is 12.8. The lowest BCUT2D eigenvalue weighted by atomic mass is 10.0. The fraction of sp³-hybridized carbons (Fsp3) is 0.389. The topological polar surface area (TPSA) is 37.4 Å². The molecule has 1 aromatic heterocycles. The van der Waals surface area contributed by atoms with Gasteiger partial charge in [-0.3, -0.25) is 4.90 Å². The second kappa shape index (κ2) is 8.41. The van der Waals surface area contributed by atoms with Crippen molar-refractivity contribution in [2.45, 2.75) is 12.2 Å². The third kappa shape index (κ3) is 5.09. The first-order valence-corrected chi connectivity index (χ1v) is 8.76. The summed E-state index contributed by atoms with van der Waals surface area (Å²) in [7, 11) is 0. The lowest BCUT2D eigenvalue weighted by Crippen LogP contribution is -2.41. The van der Waals surface area contributed by atoms with Gasteiger partial charge >= 0.3 is 6.18 Å². The van der Waals surface area contributed by atoms with Crippen molar-refractivity contribution in [3.8, 4) is 0 Å². The van der Waals surface area contributed by atoms with E-state index in [0.29, 0.717) is 32.8 Å². The van der Waals surface area contributed by atoms with Crippen LogP contribution in [0.25, 0.3) is 0 Å². The lowest BCUT2D eigenvalue weighted by Gasteiger charge is -2.35. The maximum absolute atomic E-state index is 13.3. The van der Waals surface area contributed by atoms with Gasteiger partial charge in [-0.05, 0) is 23.8 Å². The molecule has 2 aromatic rings. The van der Waals surface area contributed by atoms with Crippen LogP contribution in [0.3, 0.4) is 0 Å². The van der Waals surface area contributed by atoms with Gasteiger partial charge in [0, 0.05) is 25.8 Å². The molecule has 1 aromatic carbocycles. The number of halogens is 5. The van der Waals surface area contributed by atoms with E-state index in [9.17, 15) is 17.6 Å². The highest BCUT2D eigenvalue weighted by atomic mass is 35.5. The van der Waals surface area contributed by atoms with E-state index in [1.165, 1.54) is 12.1 Å². The third-order valence-electron chi connectivity index (χ3n) is 4.37. The number of alkyl halides is 3. The smallest absolute Gasteiger partial charge is 0.379 e. The Bertz CT molecular complexity index is 764. The van der Waals surface area contributed by atoms with E-state index >= 15 is 0 Å². The average molecular weight is 404 g/mol. The maximum Gasteiger partial charge on any atom is 0.417 e. The SMILES string of the molecule is Fc1ccc([C@@H](CNc2ncc(C(F)(F)F)cc2Cl)N2CCOCC2)cc1. The van der Waals surface area contributed by atoms with Crippen LogP contribution in [0, 0.1) is 5.82 Å². The highest BCUT2D eigenvalue weighted by Crippen LogP contribution is 2.32. The van der Waals surface area contributed by atoms with Crippen LogP contribution in [0.2, 0.25) is 5.02 Å². The summed E-state index contributed by atoms with van der Waals surface area (Å²) in [5.74, 6) is -0.162.